The number of halogens is 1. The van der Waals surface area contributed by atoms with Gasteiger partial charge in [-0.2, -0.15) is 0 Å². The van der Waals surface area contributed by atoms with Gasteiger partial charge in [-0.25, -0.2) is 4.98 Å². The van der Waals surface area contributed by atoms with E-state index in [0.717, 1.165) is 54.9 Å². The van der Waals surface area contributed by atoms with Gasteiger partial charge in [0.15, 0.2) is 0 Å². The van der Waals surface area contributed by atoms with Crippen molar-refractivity contribution in [3.05, 3.63) is 186 Å². The average molecular weight is 1150 g/mol. The number of aromatic nitrogens is 4. The van der Waals surface area contributed by atoms with E-state index >= 15 is 0 Å². The predicted molar refractivity (Wildman–Crippen MR) is 285 cm³/mol. The smallest absolute Gasteiger partial charge is 0 e. The molecule has 0 unspecified atom stereocenters. The van der Waals surface area contributed by atoms with E-state index in [1.807, 2.05) is 36.3 Å². The van der Waals surface area contributed by atoms with Crippen molar-refractivity contribution in [1.29, 1.82) is 0 Å². The van der Waals surface area contributed by atoms with Crippen molar-refractivity contribution < 1.29 is 37.1 Å². The number of rotatable bonds is 7. The van der Waals surface area contributed by atoms with E-state index in [1.165, 1.54) is 67.8 Å². The monoisotopic (exact) mass is 1150 g/mol. The Morgan fingerprint density at radius 2 is 1.36 bits per heavy atom. The van der Waals surface area contributed by atoms with Crippen molar-refractivity contribution in [1.82, 2.24) is 19.5 Å². The van der Waals surface area contributed by atoms with E-state index in [1.54, 1.807) is 0 Å². The summed E-state index contributed by atoms with van der Waals surface area (Å²) in [5.74, 6) is 6.52. The van der Waals surface area contributed by atoms with Gasteiger partial charge >= 0.3 is 125 Å². The van der Waals surface area contributed by atoms with Crippen LogP contribution in [0, 0.1) is 38.6 Å². The SMILES string of the molecule is Cc1ccc2c(n1)oc1c(-c3nc4cc5c(ccc6ccccc65)cc4n3-c3c(C(C)C)cc(-c4ccccc4)cc3C(C)C)[c-]ccc12.[2H]C([2H])([2H])c1cc(-c2[c-]ccc(C([2H])([2H])[2H])c2F)nc[c]1[Ge]([CH3])([CH3])[CH3].[Ir]. The van der Waals surface area contributed by atoms with Crippen molar-refractivity contribution in [2.24, 2.45) is 0 Å². The number of fused-ring (bicyclic) bond motifs is 7. The minimum atomic E-state index is -2.61. The molecule has 0 bridgehead atoms. The van der Waals surface area contributed by atoms with Crippen molar-refractivity contribution in [2.75, 3.05) is 0 Å². The Hall–Kier alpha value is -6.25. The topological polar surface area (TPSA) is 56.7 Å². The normalized spacial score (nSPS) is 13.5. The molecular formula is C61H55FGeIrN4O-2. The van der Waals surface area contributed by atoms with Gasteiger partial charge in [-0.1, -0.05) is 105 Å². The molecule has 11 rings (SSSR count). The Bertz CT molecular complexity index is 3940. The largest absolute Gasteiger partial charge is 0 e. The summed E-state index contributed by atoms with van der Waals surface area (Å²) < 4.78 is 69.9. The Morgan fingerprint density at radius 1 is 0.667 bits per heavy atom. The molecule has 0 fully saturated rings. The summed E-state index contributed by atoms with van der Waals surface area (Å²) >= 11 is -2.52. The van der Waals surface area contributed by atoms with Crippen LogP contribution in [-0.2, 0) is 20.1 Å². The second-order valence-electron chi connectivity index (χ2n) is 19.2. The fraction of sp³-hybridized carbons (Fsp3) is 0.197. The van der Waals surface area contributed by atoms with E-state index in [2.05, 4.69) is 153 Å². The fourth-order valence-electron chi connectivity index (χ4n) is 9.32. The molecule has 0 aliphatic heterocycles. The van der Waals surface area contributed by atoms with Crippen molar-refractivity contribution in [3.8, 4) is 39.5 Å². The number of benzene rings is 7. The molecule has 1 radical (unpaired) electrons. The van der Waals surface area contributed by atoms with E-state index in [-0.39, 0.29) is 48.8 Å². The summed E-state index contributed by atoms with van der Waals surface area (Å²) in [7, 11) is 0. The van der Waals surface area contributed by atoms with Gasteiger partial charge in [0.05, 0.1) is 22.4 Å². The van der Waals surface area contributed by atoms with Crippen LogP contribution in [0.5, 0.6) is 0 Å². The Kier molecular flexibility index (Phi) is 11.1. The zero-order valence-corrected chi connectivity index (χ0v) is 44.3. The molecule has 7 aromatic carbocycles. The first-order valence-corrected chi connectivity index (χ1v) is 30.4. The van der Waals surface area contributed by atoms with Gasteiger partial charge in [0.1, 0.15) is 0 Å². The molecule has 0 N–H and O–H groups in total. The molecule has 0 aliphatic rings. The van der Waals surface area contributed by atoms with Gasteiger partial charge in [-0.3, -0.25) is 4.98 Å². The number of pyridine rings is 2. The summed E-state index contributed by atoms with van der Waals surface area (Å²) in [5.41, 5.74) is 11.0. The summed E-state index contributed by atoms with van der Waals surface area (Å²) in [6.45, 7) is 6.19. The Morgan fingerprint density at radius 3 is 2.09 bits per heavy atom. The molecule has 0 spiro atoms. The average Bonchev–Trinajstić information content (AvgIpc) is 3.92. The molecule has 0 aliphatic carbocycles. The van der Waals surface area contributed by atoms with Crippen LogP contribution in [-0.4, -0.2) is 32.8 Å². The summed E-state index contributed by atoms with van der Waals surface area (Å²) in [6, 6.07) is 51.3. The van der Waals surface area contributed by atoms with Crippen LogP contribution in [0.3, 0.4) is 0 Å². The molecule has 69 heavy (non-hydrogen) atoms. The van der Waals surface area contributed by atoms with Crippen molar-refractivity contribution in [3.63, 3.8) is 0 Å². The van der Waals surface area contributed by atoms with Gasteiger partial charge in [0, 0.05) is 36.9 Å². The van der Waals surface area contributed by atoms with Crippen molar-refractivity contribution >= 4 is 72.3 Å². The van der Waals surface area contributed by atoms with Crippen LogP contribution in [0.2, 0.25) is 17.3 Å². The minimum Gasteiger partial charge on any atom is 0 e. The third-order valence-electron chi connectivity index (χ3n) is 12.8. The second kappa shape index (κ2) is 18.9. The molecule has 5 nitrogen and oxygen atoms in total. The van der Waals surface area contributed by atoms with E-state index in [0.29, 0.717) is 5.71 Å². The Labute approximate surface area is 429 Å². The molecule has 11 aromatic rings. The van der Waals surface area contributed by atoms with Crippen LogP contribution >= 0.6 is 0 Å². The summed E-state index contributed by atoms with van der Waals surface area (Å²) in [5, 5.41) is 6.83. The van der Waals surface area contributed by atoms with Crippen LogP contribution in [0.25, 0.3) is 94.1 Å². The van der Waals surface area contributed by atoms with E-state index < -0.39 is 38.4 Å². The maximum absolute atomic E-state index is 14.7. The number of hydrogen-bond acceptors (Lipinski definition) is 4. The molecule has 8 heteroatoms. The second-order valence-corrected chi connectivity index (χ2v) is 29.8. The van der Waals surface area contributed by atoms with Gasteiger partial charge in [0.25, 0.3) is 0 Å². The summed E-state index contributed by atoms with van der Waals surface area (Å²) in [6.07, 6.45) is 1.49. The van der Waals surface area contributed by atoms with Crippen LogP contribution in [0.4, 0.5) is 4.39 Å². The molecule has 0 saturated heterocycles. The number of furan rings is 1. The van der Waals surface area contributed by atoms with Gasteiger partial charge < -0.3 is 8.98 Å². The fourth-order valence-corrected chi connectivity index (χ4v) is 12.1. The van der Waals surface area contributed by atoms with Crippen LogP contribution in [0.1, 0.15) is 75.7 Å². The number of aryl methyl sites for hydroxylation is 3. The molecule has 4 heterocycles. The first-order chi connectivity index (χ1) is 35.1. The number of hydrogen-bond donors (Lipinski definition) is 0. The first kappa shape index (κ1) is 40.6. The predicted octanol–water partition coefficient (Wildman–Crippen LogP) is 16.2. The molecule has 4 aromatic heterocycles. The maximum Gasteiger partial charge on any atom is 0 e. The standard InChI is InChI=1S/C45H36N3O.C16H19FGeN.Ir/c1-26(2)37-22-32(29-12-7-6-8-13-29)23-38(27(3)4)42(37)48-41-24-31-20-19-30-14-9-10-15-33(30)39(31)25-40(41)47-44(48)36-17-11-16-34-35-21-18-28(5)46-45(35)49-43(34)36;1-11-7-6-8-13(16(11)17)15-9-12(2)14(10-19-15)18(3,4)5;/h6-16,18-27H,1-5H3;6-7,9-10H,1-5H3;/q2*-1;/i;1D3,2D3;. The van der Waals surface area contributed by atoms with Gasteiger partial charge in [0.2, 0.25) is 5.71 Å². The third kappa shape index (κ3) is 8.86. The Balaban J connectivity index is 0.000000225. The number of nitrogens with zero attached hydrogens (tertiary/aromatic N) is 4. The molecule has 0 saturated carbocycles. The van der Waals surface area contributed by atoms with E-state index in [9.17, 15) is 4.39 Å². The van der Waals surface area contributed by atoms with E-state index in [4.69, 9.17) is 22.6 Å². The zero-order valence-electron chi connectivity index (χ0n) is 45.8. The molecule has 0 amide bonds. The molecule has 0 atom stereocenters. The maximum atomic E-state index is 14.7. The van der Waals surface area contributed by atoms with Crippen molar-refractivity contribution in [2.45, 2.75) is 77.4 Å². The molecule has 347 valence electrons. The summed E-state index contributed by atoms with van der Waals surface area (Å²) in [4.78, 5) is 14.4. The van der Waals surface area contributed by atoms with Crippen LogP contribution < -0.4 is 4.40 Å². The minimum absolute atomic E-state index is 0. The number of imidazole rings is 1. The third-order valence-corrected chi connectivity index (χ3v) is 17.1. The van der Waals surface area contributed by atoms with Gasteiger partial charge in [-0.15, -0.1) is 18.2 Å². The first-order valence-electron chi connectivity index (χ1n) is 26.1. The zero-order chi connectivity index (χ0) is 52.6. The molecular weight excluding hydrogens is 1090 g/mol. The van der Waals surface area contributed by atoms with Gasteiger partial charge in [-0.05, 0) is 99.0 Å². The van der Waals surface area contributed by atoms with Crippen LogP contribution in [0.15, 0.2) is 144 Å². The quantitative estimate of drug-likeness (QED) is 0.0906.